The Morgan fingerprint density at radius 1 is 1.22 bits per heavy atom. The van der Waals surface area contributed by atoms with Gasteiger partial charge in [0.2, 0.25) is 0 Å². The Hall–Kier alpha value is -1.40. The molecule has 0 spiro atoms. The van der Waals surface area contributed by atoms with Gasteiger partial charge in [0.1, 0.15) is 0 Å². The summed E-state index contributed by atoms with van der Waals surface area (Å²) in [6.07, 6.45) is 2.00. The minimum atomic E-state index is -3.31. The smallest absolute Gasteiger partial charge is 0.253 e. The number of carbonyl (C=O) groups is 1. The van der Waals surface area contributed by atoms with Crippen molar-refractivity contribution in [1.82, 2.24) is 4.90 Å². The van der Waals surface area contributed by atoms with E-state index < -0.39 is 15.1 Å². The highest BCUT2D eigenvalue weighted by molar-refractivity contribution is 7.92. The van der Waals surface area contributed by atoms with Crippen molar-refractivity contribution >= 4 is 15.7 Å². The molecule has 1 aliphatic heterocycles. The second-order valence-corrected chi connectivity index (χ2v) is 9.13. The summed E-state index contributed by atoms with van der Waals surface area (Å²) in [5.41, 5.74) is 6.49. The fraction of sp³-hybridized carbons (Fsp3) is 0.588. The molecule has 2 atom stereocenters. The molecule has 0 bridgehead atoms. The molecule has 2 rings (SSSR count). The summed E-state index contributed by atoms with van der Waals surface area (Å²) in [5.74, 6) is 0.275. The fourth-order valence-electron chi connectivity index (χ4n) is 2.87. The number of piperidine rings is 1. The molecule has 1 fully saturated rings. The molecule has 1 amide bonds. The van der Waals surface area contributed by atoms with E-state index in [1.807, 2.05) is 11.8 Å². The van der Waals surface area contributed by atoms with Gasteiger partial charge in [-0.15, -0.1) is 0 Å². The first-order chi connectivity index (χ1) is 10.7. The van der Waals surface area contributed by atoms with Crippen LogP contribution in [0.15, 0.2) is 29.2 Å². The van der Waals surface area contributed by atoms with Crippen molar-refractivity contribution in [3.63, 3.8) is 0 Å². The quantitative estimate of drug-likeness (QED) is 0.911. The lowest BCUT2D eigenvalue weighted by Crippen LogP contribution is -2.45. The van der Waals surface area contributed by atoms with E-state index in [4.69, 9.17) is 5.73 Å². The van der Waals surface area contributed by atoms with Gasteiger partial charge in [-0.1, -0.05) is 0 Å². The van der Waals surface area contributed by atoms with Gasteiger partial charge in [0, 0.05) is 24.7 Å². The van der Waals surface area contributed by atoms with E-state index in [0.29, 0.717) is 18.0 Å². The first-order valence-electron chi connectivity index (χ1n) is 8.12. The molecule has 0 radical (unpaired) electrons. The number of hydrogen-bond acceptors (Lipinski definition) is 4. The zero-order chi connectivity index (χ0) is 17.2. The Kier molecular flexibility index (Phi) is 5.47. The summed E-state index contributed by atoms with van der Waals surface area (Å²) < 4.78 is 24.2. The van der Waals surface area contributed by atoms with Gasteiger partial charge in [-0.2, -0.15) is 0 Å². The number of sulfone groups is 1. The van der Waals surface area contributed by atoms with Crippen LogP contribution in [0.25, 0.3) is 0 Å². The molecule has 0 aliphatic carbocycles. The number of rotatable bonds is 4. The molecule has 128 valence electrons. The van der Waals surface area contributed by atoms with Crippen molar-refractivity contribution < 1.29 is 13.2 Å². The molecule has 2 N–H and O–H groups in total. The monoisotopic (exact) mass is 338 g/mol. The van der Waals surface area contributed by atoms with Crippen LogP contribution in [0.5, 0.6) is 0 Å². The standard InChI is InChI=1S/C17H26N2O3S/c1-12(2)23(21,22)16-8-6-14(7-9-16)17(20)19-10-4-5-15(11-19)13(3)18/h6-9,12-13,15H,4-5,10-11,18H2,1-3H3. The average Bonchev–Trinajstić information content (AvgIpc) is 2.54. The van der Waals surface area contributed by atoms with E-state index in [1.165, 1.54) is 12.1 Å². The highest BCUT2D eigenvalue weighted by atomic mass is 32.2. The van der Waals surface area contributed by atoms with Crippen LogP contribution >= 0.6 is 0 Å². The van der Waals surface area contributed by atoms with Crippen LogP contribution < -0.4 is 5.73 Å². The third-order valence-corrected chi connectivity index (χ3v) is 6.71. The largest absolute Gasteiger partial charge is 0.338 e. The van der Waals surface area contributed by atoms with E-state index >= 15 is 0 Å². The molecule has 1 heterocycles. The van der Waals surface area contributed by atoms with E-state index in [0.717, 1.165) is 19.4 Å². The van der Waals surface area contributed by atoms with Crippen molar-refractivity contribution in [2.24, 2.45) is 11.7 Å². The van der Waals surface area contributed by atoms with Crippen molar-refractivity contribution in [3.05, 3.63) is 29.8 Å². The number of carbonyl (C=O) groups excluding carboxylic acids is 1. The van der Waals surface area contributed by atoms with Crippen molar-refractivity contribution in [2.75, 3.05) is 13.1 Å². The molecule has 6 heteroatoms. The van der Waals surface area contributed by atoms with Crippen molar-refractivity contribution in [3.8, 4) is 0 Å². The zero-order valence-electron chi connectivity index (χ0n) is 14.0. The number of nitrogens with zero attached hydrogens (tertiary/aromatic N) is 1. The molecule has 2 unspecified atom stereocenters. The van der Waals surface area contributed by atoms with Gasteiger partial charge in [-0.05, 0) is 63.8 Å². The van der Waals surface area contributed by atoms with Gasteiger partial charge in [-0.25, -0.2) is 8.42 Å². The molecule has 1 aliphatic rings. The number of amides is 1. The minimum absolute atomic E-state index is 0.0520. The van der Waals surface area contributed by atoms with Gasteiger partial charge in [-0.3, -0.25) is 4.79 Å². The van der Waals surface area contributed by atoms with Crippen LogP contribution in [0, 0.1) is 5.92 Å². The number of benzene rings is 1. The van der Waals surface area contributed by atoms with E-state index in [9.17, 15) is 13.2 Å². The third kappa shape index (κ3) is 3.93. The first kappa shape index (κ1) is 17.9. The van der Waals surface area contributed by atoms with E-state index in [-0.39, 0.29) is 16.8 Å². The first-order valence-corrected chi connectivity index (χ1v) is 9.67. The van der Waals surface area contributed by atoms with Crippen LogP contribution in [0.1, 0.15) is 44.0 Å². The van der Waals surface area contributed by atoms with E-state index in [1.54, 1.807) is 26.0 Å². The number of hydrogen-bond donors (Lipinski definition) is 1. The Bertz CT molecular complexity index is 651. The second kappa shape index (κ2) is 7.01. The third-order valence-electron chi connectivity index (χ3n) is 4.54. The molecular formula is C17H26N2O3S. The topological polar surface area (TPSA) is 80.5 Å². The lowest BCUT2D eigenvalue weighted by molar-refractivity contribution is 0.0661. The summed E-state index contributed by atoms with van der Waals surface area (Å²) in [6, 6.07) is 6.33. The van der Waals surface area contributed by atoms with Crippen LogP contribution in [0.4, 0.5) is 0 Å². The van der Waals surface area contributed by atoms with Gasteiger partial charge in [0.05, 0.1) is 10.1 Å². The highest BCUT2D eigenvalue weighted by Gasteiger charge is 2.27. The maximum atomic E-state index is 12.6. The molecule has 23 heavy (non-hydrogen) atoms. The molecule has 5 nitrogen and oxygen atoms in total. The lowest BCUT2D eigenvalue weighted by atomic mass is 9.92. The van der Waals surface area contributed by atoms with Gasteiger partial charge < -0.3 is 10.6 Å². The summed E-state index contributed by atoms with van der Waals surface area (Å²) in [7, 11) is -3.31. The zero-order valence-corrected chi connectivity index (χ0v) is 14.8. The summed E-state index contributed by atoms with van der Waals surface area (Å²) in [5, 5.41) is -0.474. The Morgan fingerprint density at radius 3 is 2.35 bits per heavy atom. The van der Waals surface area contributed by atoms with Crippen LogP contribution in [-0.4, -0.2) is 43.6 Å². The minimum Gasteiger partial charge on any atom is -0.338 e. The maximum absolute atomic E-state index is 12.6. The molecule has 1 aromatic rings. The Morgan fingerprint density at radius 2 is 1.83 bits per heavy atom. The molecular weight excluding hydrogens is 312 g/mol. The van der Waals surface area contributed by atoms with Crippen LogP contribution in [0.2, 0.25) is 0 Å². The second-order valence-electron chi connectivity index (χ2n) is 6.63. The van der Waals surface area contributed by atoms with Gasteiger partial charge >= 0.3 is 0 Å². The summed E-state index contributed by atoms with van der Waals surface area (Å²) in [4.78, 5) is 14.7. The summed E-state index contributed by atoms with van der Waals surface area (Å²) in [6.45, 7) is 6.67. The molecule has 0 aromatic heterocycles. The van der Waals surface area contributed by atoms with Crippen molar-refractivity contribution in [1.29, 1.82) is 0 Å². The Balaban J connectivity index is 2.15. The van der Waals surface area contributed by atoms with Gasteiger partial charge in [0.15, 0.2) is 9.84 Å². The predicted octanol–water partition coefficient (Wildman–Crippen LogP) is 2.07. The Labute approximate surface area is 138 Å². The molecule has 0 saturated carbocycles. The van der Waals surface area contributed by atoms with Crippen molar-refractivity contribution in [2.45, 2.75) is 49.8 Å². The molecule has 1 saturated heterocycles. The summed E-state index contributed by atoms with van der Waals surface area (Å²) >= 11 is 0. The maximum Gasteiger partial charge on any atom is 0.253 e. The fourth-order valence-corrected chi connectivity index (χ4v) is 3.93. The average molecular weight is 338 g/mol. The van der Waals surface area contributed by atoms with Crippen LogP contribution in [-0.2, 0) is 9.84 Å². The number of nitrogens with two attached hydrogens (primary N) is 1. The van der Waals surface area contributed by atoms with E-state index in [2.05, 4.69) is 0 Å². The van der Waals surface area contributed by atoms with Gasteiger partial charge in [0.25, 0.3) is 5.91 Å². The normalized spacial score (nSPS) is 20.6. The molecule has 1 aromatic carbocycles. The van der Waals surface area contributed by atoms with Crippen LogP contribution in [0.3, 0.4) is 0 Å². The highest BCUT2D eigenvalue weighted by Crippen LogP contribution is 2.22. The predicted molar refractivity (Wildman–Crippen MR) is 91.0 cm³/mol. The lowest BCUT2D eigenvalue weighted by Gasteiger charge is -2.34. The number of likely N-dealkylation sites (tertiary alicyclic amines) is 1. The SMILES string of the molecule is CC(N)C1CCCN(C(=O)c2ccc(S(=O)(=O)C(C)C)cc2)C1.